The van der Waals surface area contributed by atoms with Gasteiger partial charge in [0.15, 0.2) is 5.69 Å². The summed E-state index contributed by atoms with van der Waals surface area (Å²) in [6, 6.07) is 4.30. The monoisotopic (exact) mass is 568 g/mol. The highest BCUT2D eigenvalue weighted by Crippen LogP contribution is 2.39. The number of hydrogen-bond acceptors (Lipinski definition) is 7. The third-order valence-corrected chi connectivity index (χ3v) is 8.17. The smallest absolute Gasteiger partial charge is 0.396 e. The van der Waals surface area contributed by atoms with Crippen LogP contribution >= 0.6 is 0 Å². The Bertz CT molecular complexity index is 1410. The van der Waals surface area contributed by atoms with E-state index in [2.05, 4.69) is 10.1 Å². The van der Waals surface area contributed by atoms with Gasteiger partial charge in [-0.25, -0.2) is 4.99 Å². The van der Waals surface area contributed by atoms with Crippen LogP contribution in [0.5, 0.6) is 0 Å². The van der Waals surface area contributed by atoms with Gasteiger partial charge in [-0.05, 0) is 30.5 Å². The Morgan fingerprint density at radius 2 is 1.87 bits per heavy atom. The van der Waals surface area contributed by atoms with Gasteiger partial charge >= 0.3 is 16.4 Å². The number of aromatic nitrogens is 2. The first-order chi connectivity index (χ1) is 18.4. The second-order valence-corrected chi connectivity index (χ2v) is 11.4. The van der Waals surface area contributed by atoms with Crippen molar-refractivity contribution in [1.29, 1.82) is 0 Å². The van der Waals surface area contributed by atoms with E-state index in [-0.39, 0.29) is 55.0 Å². The predicted molar refractivity (Wildman–Crippen MR) is 140 cm³/mol. The SMILES string of the molecule is CCCN(CCC)C(=O)C1=Cc2ccc(-c3cn(S(=O)(=O)N4CC(CO)C4)nc3C(F)(F)F)cc2N=C(N)C1. The fourth-order valence-electron chi connectivity index (χ4n) is 4.59. The molecule has 1 amide bonds. The van der Waals surface area contributed by atoms with Crippen LogP contribution < -0.4 is 5.73 Å². The van der Waals surface area contributed by atoms with Crippen molar-refractivity contribution in [2.24, 2.45) is 16.6 Å². The minimum Gasteiger partial charge on any atom is -0.396 e. The second kappa shape index (κ2) is 11.1. The zero-order chi connectivity index (χ0) is 28.5. The lowest BCUT2D eigenvalue weighted by Crippen LogP contribution is -2.53. The van der Waals surface area contributed by atoms with Crippen molar-refractivity contribution in [3.63, 3.8) is 0 Å². The summed E-state index contributed by atoms with van der Waals surface area (Å²) in [6.07, 6.45) is -0.811. The number of aliphatic hydroxyl groups excluding tert-OH is 1. The number of amidine groups is 1. The summed E-state index contributed by atoms with van der Waals surface area (Å²) in [4.78, 5) is 19.3. The van der Waals surface area contributed by atoms with Crippen molar-refractivity contribution < 1.29 is 31.5 Å². The first-order valence-corrected chi connectivity index (χ1v) is 14.0. The number of carbonyl (C=O) groups is 1. The molecule has 10 nitrogen and oxygen atoms in total. The number of aliphatic hydroxyl groups is 1. The highest BCUT2D eigenvalue weighted by molar-refractivity contribution is 7.87. The first-order valence-electron chi connectivity index (χ1n) is 12.6. The summed E-state index contributed by atoms with van der Waals surface area (Å²) in [7, 11) is -4.35. The van der Waals surface area contributed by atoms with Crippen LogP contribution in [0.4, 0.5) is 18.9 Å². The van der Waals surface area contributed by atoms with Gasteiger partial charge in [0.1, 0.15) is 5.84 Å². The lowest BCUT2D eigenvalue weighted by Gasteiger charge is -2.36. The van der Waals surface area contributed by atoms with Gasteiger partial charge in [-0.1, -0.05) is 26.0 Å². The molecule has 2 aliphatic rings. The minimum absolute atomic E-state index is 0.0104. The molecule has 4 rings (SSSR count). The number of nitrogens with zero attached hydrogens (tertiary/aromatic N) is 5. The molecule has 212 valence electrons. The summed E-state index contributed by atoms with van der Waals surface area (Å²) in [6.45, 7) is 4.87. The van der Waals surface area contributed by atoms with E-state index in [4.69, 9.17) is 10.8 Å². The molecule has 0 unspecified atom stereocenters. The molecule has 0 radical (unpaired) electrons. The number of halogens is 3. The number of fused-ring (bicyclic) bond motifs is 1. The Labute approximate surface area is 224 Å². The van der Waals surface area contributed by atoms with Gasteiger partial charge in [0.05, 0.1) is 11.9 Å². The molecule has 1 saturated heterocycles. The average molecular weight is 569 g/mol. The number of amides is 1. The van der Waals surface area contributed by atoms with Crippen LogP contribution in [0.25, 0.3) is 17.2 Å². The van der Waals surface area contributed by atoms with E-state index in [0.717, 1.165) is 23.3 Å². The standard InChI is InChI=1S/C25H31F3N6O4S/c1-3-7-32(8-4-2)24(36)19-9-18-6-5-17(10-21(18)30-22(29)11-19)20-14-34(31-23(20)25(26,27)28)39(37,38)33-12-16(13-33)15-35/h5-6,9-10,14,16,35H,3-4,7-8,11-13,15H2,1-2H3,(H2,29,30). The minimum atomic E-state index is -4.94. The second-order valence-electron chi connectivity index (χ2n) is 9.65. The van der Waals surface area contributed by atoms with E-state index < -0.39 is 27.6 Å². The summed E-state index contributed by atoms with van der Waals surface area (Å²) < 4.78 is 68.8. The maximum atomic E-state index is 13.9. The number of benzene rings is 1. The Balaban J connectivity index is 1.74. The zero-order valence-electron chi connectivity index (χ0n) is 21.6. The molecule has 14 heteroatoms. The van der Waals surface area contributed by atoms with Crippen molar-refractivity contribution in [3.8, 4) is 11.1 Å². The van der Waals surface area contributed by atoms with E-state index >= 15 is 0 Å². The molecule has 0 bridgehead atoms. The molecule has 0 spiro atoms. The highest BCUT2D eigenvalue weighted by Gasteiger charge is 2.42. The average Bonchev–Trinajstić information content (AvgIpc) is 3.23. The third kappa shape index (κ3) is 5.87. The normalized spacial score (nSPS) is 16.7. The number of alkyl halides is 3. The Morgan fingerprint density at radius 3 is 2.46 bits per heavy atom. The molecule has 1 aromatic carbocycles. The van der Waals surface area contributed by atoms with Crippen LogP contribution in [-0.2, 0) is 21.2 Å². The molecular weight excluding hydrogens is 537 g/mol. The molecule has 1 fully saturated rings. The summed E-state index contributed by atoms with van der Waals surface area (Å²) in [5.41, 5.74) is 5.50. The van der Waals surface area contributed by atoms with Gasteiger partial charge in [0.2, 0.25) is 5.91 Å². The Hall–Kier alpha value is -3.23. The molecule has 0 atom stereocenters. The first kappa shape index (κ1) is 28.8. The van der Waals surface area contributed by atoms with Crippen LogP contribution in [0.3, 0.4) is 0 Å². The van der Waals surface area contributed by atoms with Gasteiger partial charge in [-0.3, -0.25) is 4.79 Å². The molecular formula is C25H31F3N6O4S. The van der Waals surface area contributed by atoms with Crippen molar-refractivity contribution in [3.05, 3.63) is 41.2 Å². The summed E-state index contributed by atoms with van der Waals surface area (Å²) in [5.74, 6) is -0.316. The van der Waals surface area contributed by atoms with Crippen LogP contribution in [0.1, 0.15) is 44.4 Å². The number of hydrogen-bond donors (Lipinski definition) is 2. The lowest BCUT2D eigenvalue weighted by atomic mass is 10.0. The molecule has 3 N–H and O–H groups in total. The quantitative estimate of drug-likeness (QED) is 0.478. The van der Waals surface area contributed by atoms with Gasteiger partial charge in [0.25, 0.3) is 0 Å². The summed E-state index contributed by atoms with van der Waals surface area (Å²) in [5, 5.41) is 12.6. The Morgan fingerprint density at radius 1 is 1.21 bits per heavy atom. The molecule has 2 aliphatic heterocycles. The van der Waals surface area contributed by atoms with E-state index in [9.17, 15) is 26.4 Å². The van der Waals surface area contributed by atoms with E-state index in [1.165, 1.54) is 18.2 Å². The van der Waals surface area contributed by atoms with Crippen LogP contribution in [0.15, 0.2) is 35.0 Å². The van der Waals surface area contributed by atoms with Crippen LogP contribution in [0, 0.1) is 5.92 Å². The molecule has 3 heterocycles. The predicted octanol–water partition coefficient (Wildman–Crippen LogP) is 3.01. The molecule has 0 aliphatic carbocycles. The maximum absolute atomic E-state index is 13.9. The lowest BCUT2D eigenvalue weighted by molar-refractivity contribution is -0.140. The molecule has 39 heavy (non-hydrogen) atoms. The fourth-order valence-corrected chi connectivity index (χ4v) is 6.05. The molecule has 0 saturated carbocycles. The number of aliphatic imine (C=N–C) groups is 1. The zero-order valence-corrected chi connectivity index (χ0v) is 22.5. The van der Waals surface area contributed by atoms with Gasteiger partial charge in [0, 0.05) is 61.8 Å². The van der Waals surface area contributed by atoms with Crippen LogP contribution in [0.2, 0.25) is 0 Å². The van der Waals surface area contributed by atoms with Gasteiger partial charge < -0.3 is 15.7 Å². The Kier molecular flexibility index (Phi) is 8.19. The largest absolute Gasteiger partial charge is 0.435 e. The van der Waals surface area contributed by atoms with Crippen molar-refractivity contribution >= 4 is 33.7 Å². The summed E-state index contributed by atoms with van der Waals surface area (Å²) >= 11 is 0. The molecule has 2 aromatic rings. The van der Waals surface area contributed by atoms with Crippen molar-refractivity contribution in [2.75, 3.05) is 32.8 Å². The van der Waals surface area contributed by atoms with E-state index in [1.807, 2.05) is 13.8 Å². The van der Waals surface area contributed by atoms with E-state index in [0.29, 0.717) is 28.3 Å². The van der Waals surface area contributed by atoms with Gasteiger partial charge in [-0.2, -0.15) is 35.1 Å². The highest BCUT2D eigenvalue weighted by atomic mass is 32.2. The van der Waals surface area contributed by atoms with Crippen molar-refractivity contribution in [2.45, 2.75) is 39.3 Å². The number of nitrogens with two attached hydrogens (primary N) is 1. The van der Waals surface area contributed by atoms with E-state index in [1.54, 1.807) is 11.0 Å². The van der Waals surface area contributed by atoms with Crippen LogP contribution in [-0.4, -0.2) is 76.4 Å². The number of rotatable bonds is 9. The topological polar surface area (TPSA) is 134 Å². The van der Waals surface area contributed by atoms with Gasteiger partial charge in [-0.15, -0.1) is 0 Å². The fraction of sp³-hybridized carbons (Fsp3) is 0.480. The van der Waals surface area contributed by atoms with Crippen molar-refractivity contribution in [1.82, 2.24) is 18.4 Å². The molecule has 1 aromatic heterocycles. The number of carbonyl (C=O) groups excluding carboxylic acids is 1. The maximum Gasteiger partial charge on any atom is 0.435 e. The third-order valence-electron chi connectivity index (χ3n) is 6.56.